The Morgan fingerprint density at radius 3 is 2.11 bits per heavy atom. The minimum atomic E-state index is -0.833. The normalized spacial score (nSPS) is 17.2. The van der Waals surface area contributed by atoms with Gasteiger partial charge in [-0.25, -0.2) is 9.59 Å². The van der Waals surface area contributed by atoms with Gasteiger partial charge >= 0.3 is 11.9 Å². The third-order valence-corrected chi connectivity index (χ3v) is 4.68. The molecule has 2 aromatic rings. The Hall–Kier alpha value is -2.64. The lowest BCUT2D eigenvalue weighted by molar-refractivity contribution is -0.138. The summed E-state index contributed by atoms with van der Waals surface area (Å²) in [5.74, 6) is -0.296. The molecule has 0 amide bonds. The van der Waals surface area contributed by atoms with E-state index >= 15 is 0 Å². The quantitative estimate of drug-likeness (QED) is 0.613. The molecule has 2 atom stereocenters. The van der Waals surface area contributed by atoms with Crippen LogP contribution in [-0.2, 0) is 16.0 Å². The van der Waals surface area contributed by atoms with Gasteiger partial charge in [0, 0.05) is 16.3 Å². The van der Waals surface area contributed by atoms with E-state index in [2.05, 4.69) is 0 Å². The zero-order chi connectivity index (χ0) is 20.6. The maximum atomic E-state index is 12.3. The van der Waals surface area contributed by atoms with E-state index in [9.17, 15) is 9.59 Å². The van der Waals surface area contributed by atoms with Crippen molar-refractivity contribution in [2.75, 3.05) is 0 Å². The van der Waals surface area contributed by atoms with E-state index in [-0.39, 0.29) is 17.1 Å². The summed E-state index contributed by atoms with van der Waals surface area (Å²) in [4.78, 5) is 24.5. The molecule has 2 aromatic carbocycles. The van der Waals surface area contributed by atoms with Crippen molar-refractivity contribution in [3.8, 4) is 17.2 Å². The van der Waals surface area contributed by atoms with Crippen LogP contribution in [0, 0.1) is 0 Å². The maximum Gasteiger partial charge on any atom is 0.328 e. The van der Waals surface area contributed by atoms with E-state index in [1.165, 1.54) is 13.8 Å². The minimum absolute atomic E-state index is 0.161. The second-order valence-electron chi connectivity index (χ2n) is 7.79. The van der Waals surface area contributed by atoms with Crippen LogP contribution in [0.1, 0.15) is 39.7 Å². The van der Waals surface area contributed by atoms with Crippen molar-refractivity contribution in [2.24, 2.45) is 11.5 Å². The molecule has 1 heterocycles. The first-order valence-electron chi connectivity index (χ1n) is 9.32. The minimum Gasteiger partial charge on any atom is -0.487 e. The molecule has 7 nitrogen and oxygen atoms in total. The summed E-state index contributed by atoms with van der Waals surface area (Å²) in [7, 11) is 0. The van der Waals surface area contributed by atoms with Gasteiger partial charge < -0.3 is 25.7 Å². The average Bonchev–Trinajstić information content (AvgIpc) is 2.63. The van der Waals surface area contributed by atoms with Crippen LogP contribution in [0.15, 0.2) is 24.3 Å². The molecule has 7 heteroatoms. The van der Waals surface area contributed by atoms with Crippen molar-refractivity contribution < 1.29 is 23.8 Å². The topological polar surface area (TPSA) is 114 Å². The summed E-state index contributed by atoms with van der Waals surface area (Å²) >= 11 is 0. The summed E-state index contributed by atoms with van der Waals surface area (Å²) in [5, 5.41) is 1.37. The molecule has 0 unspecified atom stereocenters. The molecule has 0 spiro atoms. The Labute approximate surface area is 163 Å². The van der Waals surface area contributed by atoms with Crippen LogP contribution in [0.3, 0.4) is 0 Å². The fourth-order valence-corrected chi connectivity index (χ4v) is 3.10. The zero-order valence-corrected chi connectivity index (χ0v) is 16.6. The molecule has 1 aliphatic heterocycles. The Morgan fingerprint density at radius 1 is 1.00 bits per heavy atom. The number of rotatable bonds is 4. The predicted molar refractivity (Wildman–Crippen MR) is 106 cm³/mol. The van der Waals surface area contributed by atoms with Gasteiger partial charge in [-0.1, -0.05) is 24.3 Å². The van der Waals surface area contributed by atoms with Crippen molar-refractivity contribution in [3.63, 3.8) is 0 Å². The number of ether oxygens (including phenoxy) is 3. The van der Waals surface area contributed by atoms with Crippen LogP contribution in [0.25, 0.3) is 10.8 Å². The molecule has 0 saturated heterocycles. The van der Waals surface area contributed by atoms with Gasteiger partial charge in [0.2, 0.25) is 0 Å². The third-order valence-electron chi connectivity index (χ3n) is 4.68. The Kier molecular flexibility index (Phi) is 5.32. The molecule has 0 saturated carbocycles. The molecular formula is C21H26N2O5. The fraction of sp³-hybridized carbons (Fsp3) is 0.429. The highest BCUT2D eigenvalue weighted by Gasteiger charge is 2.34. The van der Waals surface area contributed by atoms with E-state index in [1.807, 2.05) is 32.0 Å². The van der Waals surface area contributed by atoms with Crippen molar-refractivity contribution in [2.45, 2.75) is 58.2 Å². The Balaban J connectivity index is 2.28. The third kappa shape index (κ3) is 3.81. The number of esters is 2. The SMILES string of the molecule is C[C@H](N)C(=O)Oc1c2c(c3ccccc3c1OC(=O)[C@H](C)N)OC(C)(C)CC2. The maximum absolute atomic E-state index is 12.3. The molecule has 0 aliphatic carbocycles. The number of fused-ring (bicyclic) bond motifs is 3. The first-order chi connectivity index (χ1) is 13.1. The summed E-state index contributed by atoms with van der Waals surface area (Å²) in [6.45, 7) is 7.07. The number of carbonyl (C=O) groups excluding carboxylic acids is 2. The summed E-state index contributed by atoms with van der Waals surface area (Å²) in [5.41, 5.74) is 11.7. The smallest absolute Gasteiger partial charge is 0.328 e. The molecule has 3 rings (SSSR count). The number of benzene rings is 2. The van der Waals surface area contributed by atoms with Crippen molar-refractivity contribution >= 4 is 22.7 Å². The molecule has 150 valence electrons. The number of hydrogen-bond donors (Lipinski definition) is 2. The molecule has 0 radical (unpaired) electrons. The summed E-state index contributed by atoms with van der Waals surface area (Å²) < 4.78 is 17.4. The van der Waals surface area contributed by atoms with Crippen LogP contribution >= 0.6 is 0 Å². The Morgan fingerprint density at radius 2 is 1.54 bits per heavy atom. The summed E-state index contributed by atoms with van der Waals surface area (Å²) in [6, 6.07) is 5.69. The lowest BCUT2D eigenvalue weighted by Crippen LogP contribution is -2.35. The highest BCUT2D eigenvalue weighted by molar-refractivity contribution is 6.00. The fourth-order valence-electron chi connectivity index (χ4n) is 3.10. The number of nitrogens with two attached hydrogens (primary N) is 2. The van der Waals surface area contributed by atoms with E-state index in [0.717, 1.165) is 5.39 Å². The van der Waals surface area contributed by atoms with Gasteiger partial charge in [0.1, 0.15) is 23.4 Å². The highest BCUT2D eigenvalue weighted by atomic mass is 16.6. The monoisotopic (exact) mass is 386 g/mol. The molecular weight excluding hydrogens is 360 g/mol. The Bertz CT molecular complexity index is 934. The lowest BCUT2D eigenvalue weighted by Gasteiger charge is -2.34. The number of hydrogen-bond acceptors (Lipinski definition) is 7. The van der Waals surface area contributed by atoms with E-state index in [4.69, 9.17) is 25.7 Å². The van der Waals surface area contributed by atoms with Gasteiger partial charge in [0.15, 0.2) is 11.5 Å². The molecule has 1 aliphatic rings. The standard InChI is InChI=1S/C21H26N2O5/c1-11(22)19(24)26-17-14-8-6-5-7-13(14)16-15(9-10-21(3,4)28-16)18(17)27-20(25)12(2)23/h5-8,11-12H,9-10,22-23H2,1-4H3/t11-,12-/m0/s1. The van der Waals surface area contributed by atoms with Crippen LogP contribution in [0.2, 0.25) is 0 Å². The zero-order valence-electron chi connectivity index (χ0n) is 16.6. The van der Waals surface area contributed by atoms with Crippen LogP contribution in [0.4, 0.5) is 0 Å². The molecule has 0 aromatic heterocycles. The van der Waals surface area contributed by atoms with Gasteiger partial charge in [-0.3, -0.25) is 0 Å². The average molecular weight is 386 g/mol. The second kappa shape index (κ2) is 7.41. The molecule has 0 bridgehead atoms. The first-order valence-corrected chi connectivity index (χ1v) is 9.32. The van der Waals surface area contributed by atoms with E-state index in [1.54, 1.807) is 6.07 Å². The molecule has 4 N–H and O–H groups in total. The van der Waals surface area contributed by atoms with Crippen LogP contribution in [0.5, 0.6) is 17.2 Å². The van der Waals surface area contributed by atoms with Crippen molar-refractivity contribution in [3.05, 3.63) is 29.8 Å². The van der Waals surface area contributed by atoms with Crippen molar-refractivity contribution in [1.29, 1.82) is 0 Å². The van der Waals surface area contributed by atoms with Gasteiger partial charge in [0.05, 0.1) is 0 Å². The summed E-state index contributed by atoms with van der Waals surface area (Å²) in [6.07, 6.45) is 1.30. The van der Waals surface area contributed by atoms with Gasteiger partial charge in [-0.05, 0) is 40.5 Å². The number of carbonyl (C=O) groups is 2. The lowest BCUT2D eigenvalue weighted by atomic mass is 9.91. The van der Waals surface area contributed by atoms with Gasteiger partial charge in [-0.2, -0.15) is 0 Å². The van der Waals surface area contributed by atoms with Gasteiger partial charge in [-0.15, -0.1) is 0 Å². The first kappa shape index (κ1) is 20.1. The van der Waals surface area contributed by atoms with Crippen LogP contribution in [-0.4, -0.2) is 29.6 Å². The molecule has 28 heavy (non-hydrogen) atoms. The highest BCUT2D eigenvalue weighted by Crippen LogP contribution is 2.50. The molecule has 0 fully saturated rings. The van der Waals surface area contributed by atoms with Crippen LogP contribution < -0.4 is 25.7 Å². The largest absolute Gasteiger partial charge is 0.487 e. The second-order valence-corrected chi connectivity index (χ2v) is 7.79. The van der Waals surface area contributed by atoms with E-state index < -0.39 is 24.0 Å². The predicted octanol–water partition coefficient (Wildman–Crippen LogP) is 2.45. The van der Waals surface area contributed by atoms with Gasteiger partial charge in [0.25, 0.3) is 0 Å². The van der Waals surface area contributed by atoms with E-state index in [0.29, 0.717) is 29.5 Å². The van der Waals surface area contributed by atoms with Crippen molar-refractivity contribution in [1.82, 2.24) is 0 Å².